The largest absolute Gasteiger partial charge is 0.465 e. The molecule has 1 atom stereocenters. The summed E-state index contributed by atoms with van der Waals surface area (Å²) in [7, 11) is -2.20. The first-order valence-corrected chi connectivity index (χ1v) is 13.5. The number of hydrogen-bond acceptors (Lipinski definition) is 3. The Labute approximate surface area is 178 Å². The molecule has 1 fully saturated rings. The highest BCUT2D eigenvalue weighted by Gasteiger charge is 2.53. The lowest BCUT2D eigenvalue weighted by atomic mass is 9.66. The third-order valence-corrected chi connectivity index (χ3v) is 9.12. The first-order chi connectivity index (χ1) is 13.5. The van der Waals surface area contributed by atoms with Crippen LogP contribution >= 0.6 is 0 Å². The Balaban J connectivity index is 1.75. The summed E-state index contributed by atoms with van der Waals surface area (Å²) in [4.78, 5) is 0. The highest BCUT2D eigenvalue weighted by molar-refractivity contribution is 6.84. The maximum absolute atomic E-state index is 6.48. The third-order valence-electron chi connectivity index (χ3n) is 6.47. The van der Waals surface area contributed by atoms with E-state index in [1.165, 1.54) is 16.3 Å². The highest BCUT2D eigenvalue weighted by Crippen LogP contribution is 2.41. The van der Waals surface area contributed by atoms with E-state index in [1.54, 1.807) is 0 Å². The van der Waals surface area contributed by atoms with Crippen molar-refractivity contribution in [2.24, 2.45) is 0 Å². The minimum Gasteiger partial charge on any atom is -0.413 e. The van der Waals surface area contributed by atoms with Crippen molar-refractivity contribution in [2.45, 2.75) is 71.2 Å². The van der Waals surface area contributed by atoms with E-state index in [4.69, 9.17) is 13.7 Å². The minimum absolute atomic E-state index is 0.136. The van der Waals surface area contributed by atoms with Gasteiger partial charge in [0.25, 0.3) is 0 Å². The molecule has 0 saturated carbocycles. The molecule has 0 radical (unpaired) electrons. The topological polar surface area (TPSA) is 27.7 Å². The molecule has 1 unspecified atom stereocenters. The van der Waals surface area contributed by atoms with Crippen molar-refractivity contribution in [1.82, 2.24) is 0 Å². The highest BCUT2D eigenvalue weighted by atomic mass is 28.4. The fourth-order valence-corrected chi connectivity index (χ4v) is 5.48. The van der Waals surface area contributed by atoms with Crippen molar-refractivity contribution >= 4 is 20.6 Å². The average molecular weight is 410 g/mol. The fraction of sp³-hybridized carbons (Fsp3) is 0.500. The predicted molar refractivity (Wildman–Crippen MR) is 124 cm³/mol. The molecule has 0 aliphatic carbocycles. The molecular weight excluding hydrogens is 375 g/mol. The first kappa shape index (κ1) is 22.3. The molecular formula is C24H35BO3Si. The van der Waals surface area contributed by atoms with Gasteiger partial charge >= 0.3 is 7.12 Å². The van der Waals surface area contributed by atoms with Gasteiger partial charge in [-0.3, -0.25) is 0 Å². The van der Waals surface area contributed by atoms with Crippen LogP contribution in [0.15, 0.2) is 54.6 Å². The van der Waals surface area contributed by atoms with Crippen LogP contribution in [0.3, 0.4) is 0 Å². The van der Waals surface area contributed by atoms with Crippen LogP contribution in [0.2, 0.25) is 13.1 Å². The Morgan fingerprint density at radius 1 is 0.897 bits per heavy atom. The molecule has 0 bridgehead atoms. The van der Waals surface area contributed by atoms with Crippen LogP contribution in [0.4, 0.5) is 0 Å². The van der Waals surface area contributed by atoms with Gasteiger partial charge in [-0.15, -0.1) is 0 Å². The van der Waals surface area contributed by atoms with Crippen LogP contribution in [0, 0.1) is 6.92 Å². The molecule has 156 valence electrons. The molecule has 1 saturated heterocycles. The normalized spacial score (nSPS) is 19.3. The van der Waals surface area contributed by atoms with E-state index in [-0.39, 0.29) is 24.1 Å². The lowest BCUT2D eigenvalue weighted by Gasteiger charge is -2.32. The zero-order valence-electron chi connectivity index (χ0n) is 19.0. The van der Waals surface area contributed by atoms with Gasteiger partial charge in [-0.05, 0) is 64.9 Å². The summed E-state index contributed by atoms with van der Waals surface area (Å²) >= 11 is 0. The second-order valence-corrected chi connectivity index (χ2v) is 13.5. The van der Waals surface area contributed by atoms with Crippen LogP contribution in [0.5, 0.6) is 0 Å². The van der Waals surface area contributed by atoms with Crippen LogP contribution in [0.25, 0.3) is 0 Å². The Hall–Kier alpha value is -1.40. The average Bonchev–Trinajstić information content (AvgIpc) is 2.87. The zero-order valence-corrected chi connectivity index (χ0v) is 20.0. The molecule has 0 N–H and O–H groups in total. The van der Waals surface area contributed by atoms with Crippen LogP contribution in [0.1, 0.15) is 51.1 Å². The molecule has 3 rings (SSSR count). The smallest absolute Gasteiger partial charge is 0.413 e. The second kappa shape index (κ2) is 8.38. The van der Waals surface area contributed by atoms with Gasteiger partial charge in [0.2, 0.25) is 8.32 Å². The molecule has 1 aliphatic heterocycles. The summed E-state index contributed by atoms with van der Waals surface area (Å²) in [5, 5.41) is 1.32. The Bertz CT molecular complexity index is 787. The summed E-state index contributed by atoms with van der Waals surface area (Å²) in [6.45, 7) is 15.8. The van der Waals surface area contributed by atoms with Gasteiger partial charge in [-0.25, -0.2) is 0 Å². The van der Waals surface area contributed by atoms with E-state index in [1.807, 2.05) is 0 Å². The molecule has 3 nitrogen and oxygen atoms in total. The molecule has 0 spiro atoms. The molecule has 1 heterocycles. The quantitative estimate of drug-likeness (QED) is 0.585. The molecule has 0 aromatic heterocycles. The maximum atomic E-state index is 6.48. The molecule has 5 heteroatoms. The van der Waals surface area contributed by atoms with Crippen molar-refractivity contribution in [1.29, 1.82) is 0 Å². The van der Waals surface area contributed by atoms with Gasteiger partial charge < -0.3 is 13.7 Å². The van der Waals surface area contributed by atoms with Crippen LogP contribution < -0.4 is 5.19 Å². The van der Waals surface area contributed by atoms with E-state index >= 15 is 0 Å². The SMILES string of the molecule is Cc1ccc(C(CCO[Si](C)(C)c2ccccc2)B2OC(C)(C)C(C)(C)O2)cc1. The van der Waals surface area contributed by atoms with Gasteiger partial charge in [-0.1, -0.05) is 60.2 Å². The summed E-state index contributed by atoms with van der Waals surface area (Å²) in [5.41, 5.74) is 1.84. The van der Waals surface area contributed by atoms with E-state index in [2.05, 4.69) is 102 Å². The van der Waals surface area contributed by atoms with E-state index in [0.717, 1.165) is 6.42 Å². The van der Waals surface area contributed by atoms with Crippen molar-refractivity contribution < 1.29 is 13.7 Å². The van der Waals surface area contributed by atoms with Crippen LogP contribution in [-0.4, -0.2) is 33.2 Å². The monoisotopic (exact) mass is 410 g/mol. The number of benzene rings is 2. The van der Waals surface area contributed by atoms with Gasteiger partial charge in [0.15, 0.2) is 0 Å². The minimum atomic E-state index is -1.93. The predicted octanol–water partition coefficient (Wildman–Crippen LogP) is 5.23. The third kappa shape index (κ3) is 5.03. The van der Waals surface area contributed by atoms with Gasteiger partial charge in [0, 0.05) is 12.4 Å². The van der Waals surface area contributed by atoms with Crippen LogP contribution in [-0.2, 0) is 13.7 Å². The van der Waals surface area contributed by atoms with Crippen molar-refractivity contribution in [3.8, 4) is 0 Å². The first-order valence-electron chi connectivity index (χ1n) is 10.6. The maximum Gasteiger partial charge on any atom is 0.465 e. The standard InChI is InChI=1S/C24H35BO3Si/c1-19-13-15-20(16-14-19)22(25-27-23(2,3)24(4,5)28-25)17-18-26-29(6,7)21-11-9-8-10-12-21/h8-16,22H,17-18H2,1-7H3. The van der Waals surface area contributed by atoms with Gasteiger partial charge in [0.1, 0.15) is 0 Å². The Kier molecular flexibility index (Phi) is 6.44. The number of hydrogen-bond donors (Lipinski definition) is 0. The van der Waals surface area contributed by atoms with Crippen molar-refractivity contribution in [2.75, 3.05) is 6.61 Å². The molecule has 0 amide bonds. The fourth-order valence-electron chi connectivity index (χ4n) is 3.69. The van der Waals surface area contributed by atoms with Gasteiger partial charge in [-0.2, -0.15) is 0 Å². The van der Waals surface area contributed by atoms with Gasteiger partial charge in [0.05, 0.1) is 11.2 Å². The molecule has 2 aromatic carbocycles. The lowest BCUT2D eigenvalue weighted by molar-refractivity contribution is 0.00578. The molecule has 29 heavy (non-hydrogen) atoms. The van der Waals surface area contributed by atoms with E-state index in [0.29, 0.717) is 6.61 Å². The second-order valence-electron chi connectivity index (χ2n) is 9.66. The summed E-state index contributed by atoms with van der Waals surface area (Å²) in [6, 6.07) is 19.3. The number of rotatable bonds is 7. The summed E-state index contributed by atoms with van der Waals surface area (Å²) < 4.78 is 19.3. The Morgan fingerprint density at radius 3 is 2.00 bits per heavy atom. The van der Waals surface area contributed by atoms with Crippen molar-refractivity contribution in [3.05, 3.63) is 65.7 Å². The molecule has 2 aromatic rings. The zero-order chi connectivity index (χ0) is 21.3. The molecule has 1 aliphatic rings. The summed E-state index contributed by atoms with van der Waals surface area (Å²) in [6.07, 6.45) is 0.864. The van der Waals surface area contributed by atoms with E-state index < -0.39 is 8.32 Å². The summed E-state index contributed by atoms with van der Waals surface area (Å²) in [5.74, 6) is 0.136. The lowest BCUT2D eigenvalue weighted by Crippen LogP contribution is -2.45. The Morgan fingerprint density at radius 2 is 1.45 bits per heavy atom. The number of aryl methyl sites for hydroxylation is 1. The van der Waals surface area contributed by atoms with Crippen molar-refractivity contribution in [3.63, 3.8) is 0 Å². The van der Waals surface area contributed by atoms with E-state index in [9.17, 15) is 0 Å².